The minimum absolute atomic E-state index is 0.232. The van der Waals surface area contributed by atoms with Gasteiger partial charge in [-0.1, -0.05) is 6.42 Å². The van der Waals surface area contributed by atoms with Gasteiger partial charge in [0.05, 0.1) is 17.1 Å². The van der Waals surface area contributed by atoms with Gasteiger partial charge in [0.1, 0.15) is 6.33 Å². The maximum absolute atomic E-state index is 12.7. The summed E-state index contributed by atoms with van der Waals surface area (Å²) >= 11 is 0. The smallest absolute Gasteiger partial charge is 0.251 e. The molecule has 0 unspecified atom stereocenters. The normalized spacial score (nSPS) is 18.0. The number of piperidine rings is 1. The number of amides is 1. The Kier molecular flexibility index (Phi) is 5.41. The van der Waals surface area contributed by atoms with Gasteiger partial charge < -0.3 is 5.32 Å². The first kappa shape index (κ1) is 19.0. The Morgan fingerprint density at radius 2 is 1.79 bits per heavy atom. The zero-order valence-electron chi connectivity index (χ0n) is 15.7. The Hall–Kier alpha value is -2.32. The summed E-state index contributed by atoms with van der Waals surface area (Å²) in [6, 6.07) is 8.07. The molecule has 0 radical (unpaired) electrons. The first-order chi connectivity index (χ1) is 13.5. The summed E-state index contributed by atoms with van der Waals surface area (Å²) in [5.74, 6) is 0.278. The lowest BCUT2D eigenvalue weighted by Gasteiger charge is -2.25. The van der Waals surface area contributed by atoms with Crippen LogP contribution in [0.1, 0.15) is 59.8 Å². The van der Waals surface area contributed by atoms with Crippen molar-refractivity contribution in [2.75, 3.05) is 13.1 Å². The second-order valence-electron chi connectivity index (χ2n) is 7.38. The maximum Gasteiger partial charge on any atom is 0.251 e. The molecular formula is C20H24N4O3S. The van der Waals surface area contributed by atoms with E-state index >= 15 is 0 Å². The highest BCUT2D eigenvalue weighted by Crippen LogP contribution is 2.38. The number of nitrogens with zero attached hydrogens (tertiary/aromatic N) is 3. The predicted molar refractivity (Wildman–Crippen MR) is 104 cm³/mol. The van der Waals surface area contributed by atoms with E-state index < -0.39 is 10.0 Å². The van der Waals surface area contributed by atoms with Gasteiger partial charge in [-0.05, 0) is 56.0 Å². The molecule has 7 nitrogen and oxygen atoms in total. The molecule has 2 aliphatic rings. The van der Waals surface area contributed by atoms with Crippen molar-refractivity contribution in [1.82, 2.24) is 19.6 Å². The van der Waals surface area contributed by atoms with Crippen LogP contribution in [0.25, 0.3) is 0 Å². The van der Waals surface area contributed by atoms with Crippen molar-refractivity contribution in [3.8, 4) is 0 Å². The molecule has 1 N–H and O–H groups in total. The monoisotopic (exact) mass is 400 g/mol. The fourth-order valence-corrected chi connectivity index (χ4v) is 4.94. The Labute approximate surface area is 165 Å². The number of aromatic nitrogens is 2. The average molecular weight is 401 g/mol. The van der Waals surface area contributed by atoms with Crippen LogP contribution in [0, 0.1) is 0 Å². The largest absolute Gasteiger partial charge is 0.346 e. The number of rotatable bonds is 6. The third-order valence-electron chi connectivity index (χ3n) is 5.24. The molecule has 4 rings (SSSR count). The lowest BCUT2D eigenvalue weighted by molar-refractivity contribution is 0.0950. The van der Waals surface area contributed by atoms with Crippen molar-refractivity contribution < 1.29 is 13.2 Å². The van der Waals surface area contributed by atoms with Crippen molar-refractivity contribution in [3.63, 3.8) is 0 Å². The van der Waals surface area contributed by atoms with Crippen LogP contribution in [-0.2, 0) is 16.6 Å². The molecular weight excluding hydrogens is 376 g/mol. The van der Waals surface area contributed by atoms with Crippen LogP contribution in [0.2, 0.25) is 0 Å². The molecule has 8 heteroatoms. The highest BCUT2D eigenvalue weighted by molar-refractivity contribution is 7.89. The van der Waals surface area contributed by atoms with E-state index in [4.69, 9.17) is 0 Å². The summed E-state index contributed by atoms with van der Waals surface area (Å²) in [4.78, 5) is 21.1. The summed E-state index contributed by atoms with van der Waals surface area (Å²) in [5, 5.41) is 2.83. The lowest BCUT2D eigenvalue weighted by Crippen LogP contribution is -2.35. The second kappa shape index (κ2) is 7.97. The number of sulfonamides is 1. The molecule has 1 aliphatic carbocycles. The number of carbonyl (C=O) groups excluding carboxylic acids is 1. The predicted octanol–water partition coefficient (Wildman–Crippen LogP) is 2.46. The number of hydrogen-bond acceptors (Lipinski definition) is 5. The number of carbonyl (C=O) groups is 1. The van der Waals surface area contributed by atoms with Crippen LogP contribution in [0.3, 0.4) is 0 Å². The van der Waals surface area contributed by atoms with Gasteiger partial charge in [-0.3, -0.25) is 4.79 Å². The highest BCUT2D eigenvalue weighted by atomic mass is 32.2. The van der Waals surface area contributed by atoms with Crippen LogP contribution in [0.4, 0.5) is 0 Å². The summed E-state index contributed by atoms with van der Waals surface area (Å²) in [6.45, 7) is 1.44. The van der Waals surface area contributed by atoms with Crippen molar-refractivity contribution >= 4 is 15.9 Å². The standard InChI is InChI=1S/C20H24N4O3S/c25-20(21-13-17-12-19(15-4-5-15)23-14-22-17)16-6-8-18(9-7-16)28(26,27)24-10-2-1-3-11-24/h6-9,12,14-15H,1-5,10-11,13H2,(H,21,25). The zero-order valence-corrected chi connectivity index (χ0v) is 16.5. The van der Waals surface area contributed by atoms with Crippen molar-refractivity contribution in [3.05, 3.63) is 53.6 Å². The van der Waals surface area contributed by atoms with Crippen molar-refractivity contribution in [2.24, 2.45) is 0 Å². The van der Waals surface area contributed by atoms with E-state index in [-0.39, 0.29) is 10.8 Å². The first-order valence-corrected chi connectivity index (χ1v) is 11.2. The second-order valence-corrected chi connectivity index (χ2v) is 9.32. The zero-order chi connectivity index (χ0) is 19.6. The van der Waals surface area contributed by atoms with Gasteiger partial charge in [0.2, 0.25) is 10.0 Å². The molecule has 0 spiro atoms. The van der Waals surface area contributed by atoms with Crippen LogP contribution in [-0.4, -0.2) is 41.7 Å². The maximum atomic E-state index is 12.7. The summed E-state index contributed by atoms with van der Waals surface area (Å²) in [7, 11) is -3.48. The lowest BCUT2D eigenvalue weighted by atomic mass is 10.2. The van der Waals surface area contributed by atoms with E-state index in [1.54, 1.807) is 12.1 Å². The van der Waals surface area contributed by atoms with Crippen LogP contribution in [0.15, 0.2) is 41.6 Å². The fraction of sp³-hybridized carbons (Fsp3) is 0.450. The molecule has 2 heterocycles. The number of hydrogen-bond donors (Lipinski definition) is 1. The molecule has 1 saturated heterocycles. The van der Waals surface area contributed by atoms with Crippen LogP contribution < -0.4 is 5.32 Å². The van der Waals surface area contributed by atoms with Crippen LogP contribution >= 0.6 is 0 Å². The molecule has 148 valence electrons. The Morgan fingerprint density at radius 3 is 2.46 bits per heavy atom. The average Bonchev–Trinajstić information content (AvgIpc) is 3.58. The minimum Gasteiger partial charge on any atom is -0.346 e. The van der Waals surface area contributed by atoms with Crippen LogP contribution in [0.5, 0.6) is 0 Å². The molecule has 2 fully saturated rings. The van der Waals surface area contributed by atoms with Crippen molar-refractivity contribution in [2.45, 2.75) is 49.5 Å². The number of nitrogens with one attached hydrogen (secondary N) is 1. The SMILES string of the molecule is O=C(NCc1cc(C2CC2)ncn1)c1ccc(S(=O)(=O)N2CCCCC2)cc1. The molecule has 1 saturated carbocycles. The van der Waals surface area contributed by atoms with Gasteiger partial charge in [0, 0.05) is 30.3 Å². The third-order valence-corrected chi connectivity index (χ3v) is 7.15. The van der Waals surface area contributed by atoms with Gasteiger partial charge in [0.25, 0.3) is 5.91 Å². The molecule has 0 bridgehead atoms. The van der Waals surface area contributed by atoms with E-state index in [0.29, 0.717) is 31.1 Å². The van der Waals surface area contributed by atoms with E-state index in [1.807, 2.05) is 6.07 Å². The van der Waals surface area contributed by atoms with Gasteiger partial charge in [0.15, 0.2) is 0 Å². The Bertz CT molecular complexity index is 950. The fourth-order valence-electron chi connectivity index (χ4n) is 3.42. The highest BCUT2D eigenvalue weighted by Gasteiger charge is 2.26. The van der Waals surface area contributed by atoms with E-state index in [2.05, 4.69) is 15.3 Å². The molecule has 28 heavy (non-hydrogen) atoms. The molecule has 0 atom stereocenters. The molecule has 1 aromatic carbocycles. The first-order valence-electron chi connectivity index (χ1n) is 9.73. The molecule has 1 amide bonds. The minimum atomic E-state index is -3.48. The van der Waals surface area contributed by atoms with E-state index in [1.165, 1.54) is 22.8 Å². The van der Waals surface area contributed by atoms with E-state index in [0.717, 1.165) is 43.5 Å². The van der Waals surface area contributed by atoms with Gasteiger partial charge in [-0.2, -0.15) is 4.31 Å². The Morgan fingerprint density at radius 1 is 1.07 bits per heavy atom. The molecule has 1 aliphatic heterocycles. The van der Waals surface area contributed by atoms with Crippen molar-refractivity contribution in [1.29, 1.82) is 0 Å². The quantitative estimate of drug-likeness (QED) is 0.804. The van der Waals surface area contributed by atoms with Gasteiger partial charge in [-0.25, -0.2) is 18.4 Å². The van der Waals surface area contributed by atoms with Gasteiger partial charge >= 0.3 is 0 Å². The third kappa shape index (κ3) is 4.23. The topological polar surface area (TPSA) is 92.3 Å². The summed E-state index contributed by atoms with van der Waals surface area (Å²) < 4.78 is 26.9. The van der Waals surface area contributed by atoms with E-state index in [9.17, 15) is 13.2 Å². The summed E-state index contributed by atoms with van der Waals surface area (Å²) in [5.41, 5.74) is 2.23. The Balaban J connectivity index is 1.39. The molecule has 1 aromatic heterocycles. The number of benzene rings is 1. The summed E-state index contributed by atoms with van der Waals surface area (Å²) in [6.07, 6.45) is 6.72. The molecule has 2 aromatic rings. The van der Waals surface area contributed by atoms with Gasteiger partial charge in [-0.15, -0.1) is 0 Å².